The Morgan fingerprint density at radius 1 is 1.53 bits per heavy atom. The van der Waals surface area contributed by atoms with E-state index >= 15 is 0 Å². The molecule has 0 bridgehead atoms. The van der Waals surface area contributed by atoms with Crippen LogP contribution >= 0.6 is 0 Å². The zero-order chi connectivity index (χ0) is 13.2. The fraction of sp³-hybridized carbons (Fsp3) is 0.923. The Balaban J connectivity index is 2.56. The van der Waals surface area contributed by atoms with Gasteiger partial charge in [-0.15, -0.1) is 0 Å². The third kappa shape index (κ3) is 3.42. The van der Waals surface area contributed by atoms with Gasteiger partial charge in [-0.05, 0) is 45.6 Å². The smallest absolute Gasteiger partial charge is 0.323 e. The summed E-state index contributed by atoms with van der Waals surface area (Å²) < 4.78 is 0. The summed E-state index contributed by atoms with van der Waals surface area (Å²) in [6.07, 6.45) is 3.19. The standard InChI is InChI=1S/C13H26N2O2/c1-9(2)7-10(3)15(4)11-5-6-13(14,8-11)12(16)17/h9-11H,5-8,14H2,1-4H3,(H,16,17). The van der Waals surface area contributed by atoms with Gasteiger partial charge in [0.15, 0.2) is 0 Å². The van der Waals surface area contributed by atoms with Crippen LogP contribution in [0.15, 0.2) is 0 Å². The largest absolute Gasteiger partial charge is 0.480 e. The van der Waals surface area contributed by atoms with Gasteiger partial charge >= 0.3 is 5.97 Å². The van der Waals surface area contributed by atoms with Gasteiger partial charge in [-0.25, -0.2) is 0 Å². The maximum absolute atomic E-state index is 11.1. The predicted molar refractivity (Wildman–Crippen MR) is 68.9 cm³/mol. The molecule has 1 rings (SSSR count). The molecule has 0 aromatic heterocycles. The molecule has 1 fully saturated rings. The molecule has 0 aromatic carbocycles. The summed E-state index contributed by atoms with van der Waals surface area (Å²) in [7, 11) is 2.09. The lowest BCUT2D eigenvalue weighted by Gasteiger charge is -2.32. The lowest BCUT2D eigenvalue weighted by molar-refractivity contribution is -0.143. The molecule has 17 heavy (non-hydrogen) atoms. The highest BCUT2D eigenvalue weighted by molar-refractivity contribution is 5.79. The van der Waals surface area contributed by atoms with Crippen molar-refractivity contribution >= 4 is 5.97 Å². The molecule has 3 N–H and O–H groups in total. The maximum atomic E-state index is 11.1. The molecule has 0 amide bonds. The molecule has 1 aliphatic carbocycles. The number of carboxylic acids is 1. The van der Waals surface area contributed by atoms with Crippen molar-refractivity contribution in [3.63, 3.8) is 0 Å². The number of carbonyl (C=O) groups is 1. The maximum Gasteiger partial charge on any atom is 0.323 e. The second kappa shape index (κ2) is 5.36. The predicted octanol–water partition coefficient (Wildman–Crippen LogP) is 1.69. The van der Waals surface area contributed by atoms with Gasteiger partial charge in [-0.3, -0.25) is 4.79 Å². The molecule has 0 aliphatic heterocycles. The molecular weight excluding hydrogens is 216 g/mol. The molecule has 1 saturated carbocycles. The highest BCUT2D eigenvalue weighted by atomic mass is 16.4. The fourth-order valence-electron chi connectivity index (χ4n) is 2.80. The highest BCUT2D eigenvalue weighted by Crippen LogP contribution is 2.32. The lowest BCUT2D eigenvalue weighted by atomic mass is 9.98. The van der Waals surface area contributed by atoms with Crippen LogP contribution in [0.4, 0.5) is 0 Å². The third-order valence-electron chi connectivity index (χ3n) is 4.03. The van der Waals surface area contributed by atoms with E-state index in [-0.39, 0.29) is 0 Å². The van der Waals surface area contributed by atoms with Gasteiger partial charge in [0.25, 0.3) is 0 Å². The molecule has 0 spiro atoms. The van der Waals surface area contributed by atoms with Crippen LogP contribution in [0.5, 0.6) is 0 Å². The van der Waals surface area contributed by atoms with E-state index in [0.717, 1.165) is 12.8 Å². The Hall–Kier alpha value is -0.610. The first-order chi connectivity index (χ1) is 7.76. The van der Waals surface area contributed by atoms with E-state index in [1.54, 1.807) is 0 Å². The Morgan fingerprint density at radius 3 is 2.53 bits per heavy atom. The molecule has 3 unspecified atom stereocenters. The average molecular weight is 242 g/mol. The van der Waals surface area contributed by atoms with E-state index in [1.165, 1.54) is 0 Å². The monoisotopic (exact) mass is 242 g/mol. The molecule has 4 heteroatoms. The summed E-state index contributed by atoms with van der Waals surface area (Å²) >= 11 is 0. The zero-order valence-corrected chi connectivity index (χ0v) is 11.4. The lowest BCUT2D eigenvalue weighted by Crippen LogP contribution is -2.47. The van der Waals surface area contributed by atoms with Gasteiger partial charge in [0.1, 0.15) is 5.54 Å². The van der Waals surface area contributed by atoms with Crippen molar-refractivity contribution in [3.05, 3.63) is 0 Å². The van der Waals surface area contributed by atoms with Crippen molar-refractivity contribution in [2.24, 2.45) is 11.7 Å². The Bertz CT molecular complexity index is 281. The summed E-state index contributed by atoms with van der Waals surface area (Å²) in [5, 5.41) is 9.11. The molecule has 1 aliphatic rings. The number of hydrogen-bond donors (Lipinski definition) is 2. The molecule has 4 nitrogen and oxygen atoms in total. The Labute approximate surface area is 104 Å². The summed E-state index contributed by atoms with van der Waals surface area (Å²) in [6.45, 7) is 6.63. The van der Waals surface area contributed by atoms with Crippen molar-refractivity contribution < 1.29 is 9.90 Å². The normalized spacial score (nSPS) is 31.1. The summed E-state index contributed by atoms with van der Waals surface area (Å²) in [5.41, 5.74) is 4.90. The van der Waals surface area contributed by atoms with Crippen molar-refractivity contribution in [2.45, 2.75) is 64.1 Å². The van der Waals surface area contributed by atoms with E-state index in [4.69, 9.17) is 10.8 Å². The van der Waals surface area contributed by atoms with Crippen LogP contribution < -0.4 is 5.73 Å². The van der Waals surface area contributed by atoms with Gasteiger partial charge in [0.05, 0.1) is 0 Å². The van der Waals surface area contributed by atoms with Crippen LogP contribution in [0.25, 0.3) is 0 Å². The van der Waals surface area contributed by atoms with Crippen LogP contribution in [-0.2, 0) is 4.79 Å². The van der Waals surface area contributed by atoms with Crippen LogP contribution in [-0.4, -0.2) is 40.6 Å². The van der Waals surface area contributed by atoms with Crippen LogP contribution in [0.1, 0.15) is 46.5 Å². The van der Waals surface area contributed by atoms with Gasteiger partial charge in [-0.2, -0.15) is 0 Å². The molecular formula is C13H26N2O2. The molecule has 0 radical (unpaired) electrons. The van der Waals surface area contributed by atoms with Crippen molar-refractivity contribution in [1.82, 2.24) is 4.90 Å². The molecule has 0 aromatic rings. The molecule has 3 atom stereocenters. The van der Waals surface area contributed by atoms with E-state index < -0.39 is 11.5 Å². The van der Waals surface area contributed by atoms with Crippen LogP contribution in [0.2, 0.25) is 0 Å². The first-order valence-corrected chi connectivity index (χ1v) is 6.50. The minimum absolute atomic E-state index is 0.310. The first-order valence-electron chi connectivity index (χ1n) is 6.50. The minimum atomic E-state index is -1.00. The van der Waals surface area contributed by atoms with Gasteiger partial charge in [0.2, 0.25) is 0 Å². The summed E-state index contributed by atoms with van der Waals surface area (Å²) in [6, 6.07) is 0.793. The van der Waals surface area contributed by atoms with E-state index in [0.29, 0.717) is 30.8 Å². The molecule has 100 valence electrons. The fourth-order valence-corrected chi connectivity index (χ4v) is 2.80. The average Bonchev–Trinajstić information content (AvgIpc) is 2.60. The van der Waals surface area contributed by atoms with E-state index in [9.17, 15) is 4.79 Å². The third-order valence-corrected chi connectivity index (χ3v) is 4.03. The highest BCUT2D eigenvalue weighted by Gasteiger charge is 2.43. The minimum Gasteiger partial charge on any atom is -0.480 e. The van der Waals surface area contributed by atoms with E-state index in [2.05, 4.69) is 32.7 Å². The van der Waals surface area contributed by atoms with E-state index in [1.807, 2.05) is 0 Å². The van der Waals surface area contributed by atoms with Crippen molar-refractivity contribution in [3.8, 4) is 0 Å². The van der Waals surface area contributed by atoms with Crippen LogP contribution in [0, 0.1) is 5.92 Å². The van der Waals surface area contributed by atoms with Gasteiger partial charge in [0, 0.05) is 12.1 Å². The molecule has 0 saturated heterocycles. The summed E-state index contributed by atoms with van der Waals surface area (Å²) in [5.74, 6) is -0.194. The molecule has 0 heterocycles. The number of carboxylic acid groups (broad SMARTS) is 1. The number of nitrogens with zero attached hydrogens (tertiary/aromatic N) is 1. The SMILES string of the molecule is CC(C)CC(C)N(C)C1CCC(N)(C(=O)O)C1. The van der Waals surface area contributed by atoms with Gasteiger partial charge in [-0.1, -0.05) is 13.8 Å². The van der Waals surface area contributed by atoms with Gasteiger partial charge < -0.3 is 15.7 Å². The Morgan fingerprint density at radius 2 is 2.12 bits per heavy atom. The second-order valence-corrected chi connectivity index (χ2v) is 6.00. The Kier molecular flexibility index (Phi) is 4.55. The topological polar surface area (TPSA) is 66.6 Å². The number of nitrogens with two attached hydrogens (primary N) is 1. The zero-order valence-electron chi connectivity index (χ0n) is 11.4. The quantitative estimate of drug-likeness (QED) is 0.770. The number of rotatable bonds is 5. The summed E-state index contributed by atoms with van der Waals surface area (Å²) in [4.78, 5) is 13.4. The number of aliphatic carboxylic acids is 1. The van der Waals surface area contributed by atoms with Crippen molar-refractivity contribution in [1.29, 1.82) is 0 Å². The van der Waals surface area contributed by atoms with Crippen molar-refractivity contribution in [2.75, 3.05) is 7.05 Å². The number of hydrogen-bond acceptors (Lipinski definition) is 3. The first kappa shape index (κ1) is 14.5. The van der Waals surface area contributed by atoms with Crippen LogP contribution in [0.3, 0.4) is 0 Å². The second-order valence-electron chi connectivity index (χ2n) is 6.00.